The summed E-state index contributed by atoms with van der Waals surface area (Å²) in [4.78, 5) is 0. The van der Waals surface area contributed by atoms with Gasteiger partial charge in [0.25, 0.3) is 0 Å². The summed E-state index contributed by atoms with van der Waals surface area (Å²) < 4.78 is 12.8. The van der Waals surface area contributed by atoms with Crippen LogP contribution in [0.25, 0.3) is 0 Å². The van der Waals surface area contributed by atoms with E-state index < -0.39 is 5.41 Å². The second-order valence-electron chi connectivity index (χ2n) is 8.86. The molecule has 116 valence electrons. The minimum atomic E-state index is -0.465. The summed E-state index contributed by atoms with van der Waals surface area (Å²) in [5, 5.41) is 0. The van der Waals surface area contributed by atoms with Gasteiger partial charge in [0.1, 0.15) is 5.41 Å². The minimum Gasteiger partial charge on any atom is -0.349 e. The molecule has 0 saturated heterocycles. The first-order valence-corrected chi connectivity index (χ1v) is 8.48. The van der Waals surface area contributed by atoms with Crippen molar-refractivity contribution in [1.82, 2.24) is 0 Å². The van der Waals surface area contributed by atoms with E-state index in [2.05, 4.69) is 69.2 Å². The Labute approximate surface area is 124 Å². The molecule has 0 spiro atoms. The first-order valence-electron chi connectivity index (χ1n) is 7.48. The van der Waals surface area contributed by atoms with E-state index in [1.165, 1.54) is 0 Å². The Morgan fingerprint density at radius 1 is 0.789 bits per heavy atom. The van der Waals surface area contributed by atoms with Gasteiger partial charge in [-0.25, -0.2) is 0 Å². The van der Waals surface area contributed by atoms with Crippen LogP contribution in [0.5, 0.6) is 0 Å². The van der Waals surface area contributed by atoms with Crippen molar-refractivity contribution in [3.63, 3.8) is 0 Å². The molecule has 2 nitrogen and oxygen atoms in total. The molecule has 0 bridgehead atoms. The van der Waals surface area contributed by atoms with Crippen LogP contribution in [0.3, 0.4) is 0 Å². The Morgan fingerprint density at radius 2 is 1.11 bits per heavy atom. The minimum absolute atomic E-state index is 0.00789. The van der Waals surface area contributed by atoms with Crippen molar-refractivity contribution < 1.29 is 9.47 Å². The van der Waals surface area contributed by atoms with Crippen molar-refractivity contribution in [2.45, 2.75) is 92.3 Å². The van der Waals surface area contributed by atoms with Crippen molar-refractivity contribution >= 4 is 10.2 Å². The predicted molar refractivity (Wildman–Crippen MR) is 87.6 cm³/mol. The van der Waals surface area contributed by atoms with Crippen LogP contribution >= 0.6 is 0 Å². The summed E-state index contributed by atoms with van der Waals surface area (Å²) in [6, 6.07) is 0. The van der Waals surface area contributed by atoms with Crippen LogP contribution in [0.15, 0.2) is 0 Å². The number of hydrogen-bond acceptors (Lipinski definition) is 2. The molecule has 0 rings (SSSR count). The van der Waals surface area contributed by atoms with Gasteiger partial charge in [-0.15, -0.1) is 0 Å². The van der Waals surface area contributed by atoms with Crippen LogP contribution in [-0.4, -0.2) is 26.9 Å². The standard InChI is InChI=1S/C16H36O2Si/c1-12(2)11-15(9,10)16(19,17-13(3,4)5)18-14(6,7)8/h12H,11H2,1-10,19H3. The first-order chi connectivity index (χ1) is 8.08. The maximum absolute atomic E-state index is 6.41. The van der Waals surface area contributed by atoms with E-state index in [1.54, 1.807) is 0 Å². The van der Waals surface area contributed by atoms with Crippen LogP contribution in [0.1, 0.15) is 75.7 Å². The Hall–Kier alpha value is 0.137. The van der Waals surface area contributed by atoms with Crippen LogP contribution in [0, 0.1) is 11.3 Å². The lowest BCUT2D eigenvalue weighted by Crippen LogP contribution is -2.57. The molecule has 0 aromatic heterocycles. The molecule has 0 aliphatic heterocycles. The molecular formula is C16H36O2Si. The fourth-order valence-corrected chi connectivity index (χ4v) is 4.10. The molecule has 0 aromatic carbocycles. The summed E-state index contributed by atoms with van der Waals surface area (Å²) in [6.07, 6.45) is 1.10. The van der Waals surface area contributed by atoms with Crippen molar-refractivity contribution in [3.05, 3.63) is 0 Å². The van der Waals surface area contributed by atoms with Gasteiger partial charge in [0.05, 0.1) is 21.4 Å². The van der Waals surface area contributed by atoms with Gasteiger partial charge < -0.3 is 9.47 Å². The molecule has 0 aliphatic carbocycles. The van der Waals surface area contributed by atoms with Crippen molar-refractivity contribution in [2.24, 2.45) is 11.3 Å². The Kier molecular flexibility index (Phi) is 5.91. The third-order valence-electron chi connectivity index (χ3n) is 3.15. The molecule has 0 fully saturated rings. The number of rotatable bonds is 5. The number of ether oxygens (including phenoxy) is 2. The van der Waals surface area contributed by atoms with E-state index in [0.29, 0.717) is 5.92 Å². The summed E-state index contributed by atoms with van der Waals surface area (Å²) >= 11 is 0. The van der Waals surface area contributed by atoms with Gasteiger partial charge in [-0.2, -0.15) is 0 Å². The highest BCUT2D eigenvalue weighted by Gasteiger charge is 2.47. The molecule has 3 heteroatoms. The smallest absolute Gasteiger partial charge is 0.147 e. The molecule has 0 N–H and O–H groups in total. The van der Waals surface area contributed by atoms with Crippen LogP contribution in [0.2, 0.25) is 0 Å². The number of hydrogen-bond donors (Lipinski definition) is 0. The molecule has 19 heavy (non-hydrogen) atoms. The molecule has 0 amide bonds. The SMILES string of the molecule is CC(C)CC(C)(C)C([SiH3])(OC(C)(C)C)OC(C)(C)C. The van der Waals surface area contributed by atoms with Gasteiger partial charge in [-0.1, -0.05) is 27.7 Å². The largest absolute Gasteiger partial charge is 0.349 e. The van der Waals surface area contributed by atoms with E-state index in [9.17, 15) is 0 Å². The van der Waals surface area contributed by atoms with Crippen molar-refractivity contribution in [3.8, 4) is 0 Å². The second kappa shape index (κ2) is 5.86. The Bertz CT molecular complexity index is 266. The quantitative estimate of drug-likeness (QED) is 0.567. The van der Waals surface area contributed by atoms with Crippen LogP contribution in [0.4, 0.5) is 0 Å². The van der Waals surface area contributed by atoms with Gasteiger partial charge in [-0.05, 0) is 53.9 Å². The van der Waals surface area contributed by atoms with Gasteiger partial charge >= 0.3 is 0 Å². The van der Waals surface area contributed by atoms with E-state index >= 15 is 0 Å². The fraction of sp³-hybridized carbons (Fsp3) is 1.00. The topological polar surface area (TPSA) is 18.5 Å². The summed E-state index contributed by atoms with van der Waals surface area (Å²) in [6.45, 7) is 21.7. The van der Waals surface area contributed by atoms with Gasteiger partial charge in [0.2, 0.25) is 0 Å². The predicted octanol–water partition coefficient (Wildman–Crippen LogP) is 3.71. The highest BCUT2D eigenvalue weighted by molar-refractivity contribution is 6.14. The lowest BCUT2D eigenvalue weighted by Gasteiger charge is -2.50. The molecule has 0 heterocycles. The summed E-state index contributed by atoms with van der Waals surface area (Å²) in [5.74, 6) is 0.635. The van der Waals surface area contributed by atoms with Crippen molar-refractivity contribution in [2.75, 3.05) is 0 Å². The van der Waals surface area contributed by atoms with E-state index in [0.717, 1.165) is 16.7 Å². The average Bonchev–Trinajstić information content (AvgIpc) is 1.91. The lowest BCUT2D eigenvalue weighted by atomic mass is 9.82. The van der Waals surface area contributed by atoms with E-state index in [4.69, 9.17) is 9.47 Å². The van der Waals surface area contributed by atoms with Crippen LogP contribution < -0.4 is 0 Å². The van der Waals surface area contributed by atoms with Crippen molar-refractivity contribution in [1.29, 1.82) is 0 Å². The Balaban J connectivity index is 5.37. The third-order valence-corrected chi connectivity index (χ3v) is 4.91. The molecular weight excluding hydrogens is 252 g/mol. The molecule has 0 radical (unpaired) electrons. The van der Waals surface area contributed by atoms with Gasteiger partial charge in [-0.3, -0.25) is 0 Å². The monoisotopic (exact) mass is 288 g/mol. The highest BCUT2D eigenvalue weighted by Crippen LogP contribution is 2.42. The maximum Gasteiger partial charge on any atom is 0.147 e. The molecule has 0 aliphatic rings. The normalized spacial score (nSPS) is 15.3. The fourth-order valence-electron chi connectivity index (χ4n) is 2.67. The Morgan fingerprint density at radius 3 is 1.32 bits per heavy atom. The maximum atomic E-state index is 6.41. The zero-order valence-electron chi connectivity index (χ0n) is 15.1. The molecule has 0 atom stereocenters. The van der Waals surface area contributed by atoms with Gasteiger partial charge in [0, 0.05) is 5.41 Å². The van der Waals surface area contributed by atoms with Gasteiger partial charge in [0.15, 0.2) is 0 Å². The highest BCUT2D eigenvalue weighted by atomic mass is 28.1. The average molecular weight is 289 g/mol. The van der Waals surface area contributed by atoms with E-state index in [1.807, 2.05) is 0 Å². The van der Waals surface area contributed by atoms with Crippen LogP contribution in [-0.2, 0) is 9.47 Å². The zero-order valence-corrected chi connectivity index (χ0v) is 17.1. The third kappa shape index (κ3) is 6.91. The summed E-state index contributed by atoms with van der Waals surface area (Å²) in [5.41, 5.74) is -0.843. The lowest BCUT2D eigenvalue weighted by molar-refractivity contribution is -0.308. The zero-order chi connectivity index (χ0) is 15.7. The second-order valence-corrected chi connectivity index (χ2v) is 10.2. The summed E-state index contributed by atoms with van der Waals surface area (Å²) in [7, 11) is 0.850. The molecule has 0 aromatic rings. The van der Waals surface area contributed by atoms with E-state index in [-0.39, 0.29) is 16.6 Å². The first kappa shape index (κ1) is 19.1. The molecule has 0 unspecified atom stereocenters. The molecule has 0 saturated carbocycles.